The predicted molar refractivity (Wildman–Crippen MR) is 80.2 cm³/mol. The smallest absolute Gasteiger partial charge is 0.0476 e. The molecule has 19 heavy (non-hydrogen) atoms. The van der Waals surface area contributed by atoms with E-state index in [4.69, 9.17) is 0 Å². The van der Waals surface area contributed by atoms with E-state index in [0.29, 0.717) is 6.04 Å². The predicted octanol–water partition coefficient (Wildman–Crippen LogP) is 3.21. The average molecular weight is 258 g/mol. The molecule has 0 aromatic heterocycles. The van der Waals surface area contributed by atoms with Crippen LogP contribution in [0.25, 0.3) is 0 Å². The highest BCUT2D eigenvalue weighted by Gasteiger charge is 2.46. The molecule has 0 spiro atoms. The summed E-state index contributed by atoms with van der Waals surface area (Å²) in [5, 5.41) is 3.71. The fraction of sp³-hybridized carbons (Fsp3) is 0.647. The molecule has 104 valence electrons. The number of benzene rings is 1. The van der Waals surface area contributed by atoms with E-state index in [1.54, 1.807) is 0 Å². The third-order valence-corrected chi connectivity index (χ3v) is 4.77. The van der Waals surface area contributed by atoms with Crippen LogP contribution in [0.5, 0.6) is 0 Å². The van der Waals surface area contributed by atoms with Crippen molar-refractivity contribution in [3.63, 3.8) is 0 Å². The Morgan fingerprint density at radius 2 is 2.00 bits per heavy atom. The standard InChI is InChI=1S/C17H26N2/c1-4-13-10-15(13)19-12-17(2,3)18-11-16(19)14-8-6-5-7-9-14/h5-9,13,15-16,18H,4,10-12H2,1-3H3. The first-order valence-corrected chi connectivity index (χ1v) is 7.66. The molecule has 1 aromatic rings. The highest BCUT2D eigenvalue weighted by atomic mass is 15.3. The molecule has 1 saturated heterocycles. The molecule has 3 atom stereocenters. The van der Waals surface area contributed by atoms with E-state index in [9.17, 15) is 0 Å². The van der Waals surface area contributed by atoms with Gasteiger partial charge in [-0.2, -0.15) is 0 Å². The average Bonchev–Trinajstić information content (AvgIpc) is 3.18. The quantitative estimate of drug-likeness (QED) is 0.895. The Hall–Kier alpha value is -0.860. The van der Waals surface area contributed by atoms with Crippen LogP contribution in [0.15, 0.2) is 30.3 Å². The van der Waals surface area contributed by atoms with E-state index in [-0.39, 0.29) is 5.54 Å². The molecule has 0 amide bonds. The van der Waals surface area contributed by atoms with Gasteiger partial charge in [0, 0.05) is 30.7 Å². The van der Waals surface area contributed by atoms with Crippen LogP contribution in [0.3, 0.4) is 0 Å². The maximum Gasteiger partial charge on any atom is 0.0476 e. The second kappa shape index (κ2) is 4.92. The molecule has 3 unspecified atom stereocenters. The lowest BCUT2D eigenvalue weighted by atomic mass is 9.94. The molecule has 2 aliphatic rings. The van der Waals surface area contributed by atoms with Gasteiger partial charge >= 0.3 is 0 Å². The van der Waals surface area contributed by atoms with Crippen LogP contribution >= 0.6 is 0 Å². The Bertz CT molecular complexity index is 426. The summed E-state index contributed by atoms with van der Waals surface area (Å²) in [7, 11) is 0. The summed E-state index contributed by atoms with van der Waals surface area (Å²) in [6.07, 6.45) is 2.73. The first-order valence-electron chi connectivity index (χ1n) is 7.66. The third-order valence-electron chi connectivity index (χ3n) is 4.77. The molecule has 1 aliphatic heterocycles. The molecule has 0 bridgehead atoms. The molecule has 2 fully saturated rings. The molecule has 1 N–H and O–H groups in total. The van der Waals surface area contributed by atoms with Crippen molar-refractivity contribution in [2.45, 2.75) is 51.2 Å². The summed E-state index contributed by atoms with van der Waals surface area (Å²) in [6.45, 7) is 9.21. The largest absolute Gasteiger partial charge is 0.309 e. The van der Waals surface area contributed by atoms with E-state index in [1.807, 2.05) is 0 Å². The van der Waals surface area contributed by atoms with Crippen molar-refractivity contribution in [2.75, 3.05) is 13.1 Å². The summed E-state index contributed by atoms with van der Waals surface area (Å²) >= 11 is 0. The Balaban J connectivity index is 1.82. The molecular weight excluding hydrogens is 232 g/mol. The van der Waals surface area contributed by atoms with Gasteiger partial charge in [-0.15, -0.1) is 0 Å². The van der Waals surface area contributed by atoms with Crippen LogP contribution in [0, 0.1) is 5.92 Å². The zero-order valence-electron chi connectivity index (χ0n) is 12.4. The lowest BCUT2D eigenvalue weighted by molar-refractivity contribution is 0.0821. The number of nitrogens with zero attached hydrogens (tertiary/aromatic N) is 1. The van der Waals surface area contributed by atoms with Gasteiger partial charge in [-0.05, 0) is 31.7 Å². The SMILES string of the molecule is CCC1CC1N1CC(C)(C)NCC1c1ccccc1. The zero-order chi connectivity index (χ0) is 13.5. The van der Waals surface area contributed by atoms with Gasteiger partial charge in [0.1, 0.15) is 0 Å². The van der Waals surface area contributed by atoms with E-state index < -0.39 is 0 Å². The second-order valence-corrected chi connectivity index (χ2v) is 6.83. The van der Waals surface area contributed by atoms with E-state index in [2.05, 4.69) is 61.3 Å². The molecule has 2 nitrogen and oxygen atoms in total. The monoisotopic (exact) mass is 258 g/mol. The van der Waals surface area contributed by atoms with Gasteiger partial charge < -0.3 is 5.32 Å². The Morgan fingerprint density at radius 1 is 1.26 bits per heavy atom. The van der Waals surface area contributed by atoms with Crippen molar-refractivity contribution in [3.05, 3.63) is 35.9 Å². The zero-order valence-corrected chi connectivity index (χ0v) is 12.4. The van der Waals surface area contributed by atoms with E-state index in [0.717, 1.165) is 25.0 Å². The van der Waals surface area contributed by atoms with Crippen LogP contribution in [-0.4, -0.2) is 29.6 Å². The summed E-state index contributed by atoms with van der Waals surface area (Å²) in [6, 6.07) is 12.4. The molecule has 0 radical (unpaired) electrons. The van der Waals surface area contributed by atoms with E-state index >= 15 is 0 Å². The normalized spacial score (nSPS) is 34.2. The highest BCUT2D eigenvalue weighted by Crippen LogP contribution is 2.43. The van der Waals surface area contributed by atoms with Crippen LogP contribution < -0.4 is 5.32 Å². The van der Waals surface area contributed by atoms with Gasteiger partial charge in [0.25, 0.3) is 0 Å². The lowest BCUT2D eigenvalue weighted by Gasteiger charge is -2.45. The van der Waals surface area contributed by atoms with Crippen LogP contribution in [0.4, 0.5) is 0 Å². The van der Waals surface area contributed by atoms with Gasteiger partial charge in [-0.25, -0.2) is 0 Å². The highest BCUT2D eigenvalue weighted by molar-refractivity contribution is 5.22. The van der Waals surface area contributed by atoms with Crippen molar-refractivity contribution in [1.29, 1.82) is 0 Å². The van der Waals surface area contributed by atoms with Gasteiger partial charge in [0.2, 0.25) is 0 Å². The summed E-state index contributed by atoms with van der Waals surface area (Å²) in [5.41, 5.74) is 1.71. The maximum atomic E-state index is 3.71. The molecular formula is C17H26N2. The lowest BCUT2D eigenvalue weighted by Crippen LogP contribution is -2.58. The molecule has 1 aromatic carbocycles. The fourth-order valence-electron chi connectivity index (χ4n) is 3.52. The van der Waals surface area contributed by atoms with Crippen molar-refractivity contribution >= 4 is 0 Å². The van der Waals surface area contributed by atoms with Crippen molar-refractivity contribution in [1.82, 2.24) is 10.2 Å². The number of rotatable bonds is 3. The number of hydrogen-bond acceptors (Lipinski definition) is 2. The molecule has 1 saturated carbocycles. The minimum atomic E-state index is 0.242. The van der Waals surface area contributed by atoms with E-state index in [1.165, 1.54) is 18.4 Å². The van der Waals surface area contributed by atoms with Gasteiger partial charge in [0.15, 0.2) is 0 Å². The van der Waals surface area contributed by atoms with Crippen molar-refractivity contribution in [3.8, 4) is 0 Å². The Kier molecular flexibility index (Phi) is 3.40. The molecule has 1 heterocycles. The first-order chi connectivity index (χ1) is 9.11. The second-order valence-electron chi connectivity index (χ2n) is 6.83. The number of nitrogens with one attached hydrogen (secondary N) is 1. The minimum absolute atomic E-state index is 0.242. The molecule has 3 rings (SSSR count). The van der Waals surface area contributed by atoms with Crippen molar-refractivity contribution in [2.24, 2.45) is 5.92 Å². The van der Waals surface area contributed by atoms with Gasteiger partial charge in [0.05, 0.1) is 0 Å². The fourth-order valence-corrected chi connectivity index (χ4v) is 3.52. The number of piperazine rings is 1. The Labute approximate surface area is 117 Å². The number of hydrogen-bond donors (Lipinski definition) is 1. The van der Waals surface area contributed by atoms with Crippen LogP contribution in [0.2, 0.25) is 0 Å². The van der Waals surface area contributed by atoms with Crippen LogP contribution in [0.1, 0.15) is 45.2 Å². The van der Waals surface area contributed by atoms with Gasteiger partial charge in [-0.3, -0.25) is 4.90 Å². The third kappa shape index (κ3) is 2.70. The molecule has 1 aliphatic carbocycles. The first kappa shape index (κ1) is 13.1. The topological polar surface area (TPSA) is 15.3 Å². The summed E-state index contributed by atoms with van der Waals surface area (Å²) in [4.78, 5) is 2.76. The van der Waals surface area contributed by atoms with Gasteiger partial charge in [-0.1, -0.05) is 43.7 Å². The Morgan fingerprint density at radius 3 is 2.63 bits per heavy atom. The minimum Gasteiger partial charge on any atom is -0.309 e. The van der Waals surface area contributed by atoms with Crippen molar-refractivity contribution < 1.29 is 0 Å². The maximum absolute atomic E-state index is 3.71. The molecule has 2 heteroatoms. The summed E-state index contributed by atoms with van der Waals surface area (Å²) < 4.78 is 0. The summed E-state index contributed by atoms with van der Waals surface area (Å²) in [5.74, 6) is 0.931. The van der Waals surface area contributed by atoms with Crippen LogP contribution in [-0.2, 0) is 0 Å².